The van der Waals surface area contributed by atoms with Crippen molar-refractivity contribution in [2.24, 2.45) is 0 Å². The molecule has 3 heteroatoms. The van der Waals surface area contributed by atoms with Crippen LogP contribution in [0.25, 0.3) is 0 Å². The standard InChI is InChI=1S/C18H21NOS/c1-13-8-7-11-17(14(13)2)19-18(20)15(3)21-12-16-9-5-4-6-10-16/h4-11,15H,12H2,1-3H3,(H,19,20)/t15-/m1/s1. The molecule has 1 atom stereocenters. The zero-order valence-electron chi connectivity index (χ0n) is 12.7. The molecular weight excluding hydrogens is 278 g/mol. The number of nitrogens with one attached hydrogen (secondary N) is 1. The summed E-state index contributed by atoms with van der Waals surface area (Å²) in [5, 5.41) is 2.95. The Hall–Kier alpha value is -1.74. The van der Waals surface area contributed by atoms with E-state index in [2.05, 4.69) is 30.4 Å². The molecular formula is C18H21NOS. The first-order valence-corrected chi connectivity index (χ1v) is 8.15. The van der Waals surface area contributed by atoms with Crippen molar-refractivity contribution in [3.05, 3.63) is 65.2 Å². The van der Waals surface area contributed by atoms with Crippen molar-refractivity contribution in [1.29, 1.82) is 0 Å². The van der Waals surface area contributed by atoms with E-state index in [1.807, 2.05) is 44.2 Å². The first-order valence-electron chi connectivity index (χ1n) is 7.10. The summed E-state index contributed by atoms with van der Waals surface area (Å²) in [6.45, 7) is 6.04. The Morgan fingerprint density at radius 1 is 1.10 bits per heavy atom. The Bertz CT molecular complexity index is 610. The van der Waals surface area contributed by atoms with Gasteiger partial charge >= 0.3 is 0 Å². The highest BCUT2D eigenvalue weighted by molar-refractivity contribution is 7.99. The molecule has 1 N–H and O–H groups in total. The molecule has 0 heterocycles. The summed E-state index contributed by atoms with van der Waals surface area (Å²) >= 11 is 1.65. The van der Waals surface area contributed by atoms with Crippen LogP contribution < -0.4 is 5.32 Å². The molecule has 2 nitrogen and oxygen atoms in total. The number of thioether (sulfide) groups is 1. The molecule has 0 aliphatic heterocycles. The predicted octanol–water partition coefficient (Wildman–Crippen LogP) is 4.56. The third kappa shape index (κ3) is 4.36. The molecule has 0 aromatic heterocycles. The molecule has 21 heavy (non-hydrogen) atoms. The Kier molecular flexibility index (Phi) is 5.45. The van der Waals surface area contributed by atoms with Crippen LogP contribution in [-0.4, -0.2) is 11.2 Å². The lowest BCUT2D eigenvalue weighted by Gasteiger charge is -2.14. The summed E-state index contributed by atoms with van der Waals surface area (Å²) in [4.78, 5) is 12.3. The van der Waals surface area contributed by atoms with Gasteiger partial charge in [0.1, 0.15) is 0 Å². The molecule has 1 amide bonds. The number of amides is 1. The second-order valence-corrected chi connectivity index (χ2v) is 6.50. The Morgan fingerprint density at radius 2 is 1.81 bits per heavy atom. The van der Waals surface area contributed by atoms with Gasteiger partial charge in [-0.3, -0.25) is 4.79 Å². The van der Waals surface area contributed by atoms with Gasteiger partial charge < -0.3 is 5.32 Å². The highest BCUT2D eigenvalue weighted by atomic mass is 32.2. The van der Waals surface area contributed by atoms with E-state index in [1.54, 1.807) is 11.8 Å². The van der Waals surface area contributed by atoms with Gasteiger partial charge in [0.25, 0.3) is 0 Å². The van der Waals surface area contributed by atoms with E-state index in [0.29, 0.717) is 0 Å². The van der Waals surface area contributed by atoms with Crippen LogP contribution in [0, 0.1) is 13.8 Å². The van der Waals surface area contributed by atoms with Crippen molar-refractivity contribution in [2.45, 2.75) is 31.8 Å². The molecule has 0 bridgehead atoms. The lowest BCUT2D eigenvalue weighted by atomic mass is 10.1. The first kappa shape index (κ1) is 15.6. The van der Waals surface area contributed by atoms with Gasteiger partial charge in [-0.1, -0.05) is 42.5 Å². The van der Waals surface area contributed by atoms with Gasteiger partial charge in [0.15, 0.2) is 0 Å². The van der Waals surface area contributed by atoms with E-state index in [-0.39, 0.29) is 11.2 Å². The fraction of sp³-hybridized carbons (Fsp3) is 0.278. The molecule has 0 spiro atoms. The zero-order valence-corrected chi connectivity index (χ0v) is 13.5. The van der Waals surface area contributed by atoms with Gasteiger partial charge in [-0.15, -0.1) is 11.8 Å². The van der Waals surface area contributed by atoms with Crippen LogP contribution in [0.2, 0.25) is 0 Å². The number of benzene rings is 2. The minimum absolute atomic E-state index is 0.0598. The SMILES string of the molecule is Cc1cccc(NC(=O)[C@@H](C)SCc2ccccc2)c1C. The van der Waals surface area contributed by atoms with Crippen molar-refractivity contribution in [2.75, 3.05) is 5.32 Å². The summed E-state index contributed by atoms with van der Waals surface area (Å²) < 4.78 is 0. The summed E-state index contributed by atoms with van der Waals surface area (Å²) in [6, 6.07) is 16.2. The van der Waals surface area contributed by atoms with Crippen LogP contribution in [0.5, 0.6) is 0 Å². The largest absolute Gasteiger partial charge is 0.325 e. The lowest BCUT2D eigenvalue weighted by molar-refractivity contribution is -0.115. The summed E-state index contributed by atoms with van der Waals surface area (Å²) in [5.74, 6) is 0.909. The minimum atomic E-state index is -0.0786. The van der Waals surface area contributed by atoms with Gasteiger partial charge in [-0.25, -0.2) is 0 Å². The summed E-state index contributed by atoms with van der Waals surface area (Å²) in [7, 11) is 0. The van der Waals surface area contributed by atoms with Crippen molar-refractivity contribution < 1.29 is 4.79 Å². The highest BCUT2D eigenvalue weighted by Crippen LogP contribution is 2.22. The van der Waals surface area contributed by atoms with Crippen LogP contribution in [-0.2, 0) is 10.5 Å². The van der Waals surface area contributed by atoms with Gasteiger partial charge in [0.05, 0.1) is 5.25 Å². The van der Waals surface area contributed by atoms with Crippen LogP contribution in [0.4, 0.5) is 5.69 Å². The molecule has 0 unspecified atom stereocenters. The molecule has 2 rings (SSSR count). The smallest absolute Gasteiger partial charge is 0.237 e. The van der Waals surface area contributed by atoms with Gasteiger partial charge in [-0.05, 0) is 43.5 Å². The number of hydrogen-bond donors (Lipinski definition) is 1. The maximum atomic E-state index is 12.3. The second-order valence-electron chi connectivity index (χ2n) is 5.18. The summed E-state index contributed by atoms with van der Waals surface area (Å²) in [6.07, 6.45) is 0. The van der Waals surface area contributed by atoms with E-state index in [9.17, 15) is 4.79 Å². The lowest BCUT2D eigenvalue weighted by Crippen LogP contribution is -2.23. The monoisotopic (exact) mass is 299 g/mol. The molecule has 0 aliphatic carbocycles. The van der Waals surface area contributed by atoms with E-state index in [1.165, 1.54) is 11.1 Å². The second kappa shape index (κ2) is 7.32. The number of carbonyl (C=O) groups excluding carboxylic acids is 1. The first-order chi connectivity index (χ1) is 10.1. The highest BCUT2D eigenvalue weighted by Gasteiger charge is 2.14. The number of aryl methyl sites for hydroxylation is 1. The van der Waals surface area contributed by atoms with Crippen LogP contribution in [0.3, 0.4) is 0 Å². The number of hydrogen-bond acceptors (Lipinski definition) is 2. The Labute approximate surface area is 131 Å². The van der Waals surface area contributed by atoms with Gasteiger partial charge in [0.2, 0.25) is 5.91 Å². The predicted molar refractivity (Wildman–Crippen MR) is 91.7 cm³/mol. The maximum Gasteiger partial charge on any atom is 0.237 e. The topological polar surface area (TPSA) is 29.1 Å². The quantitative estimate of drug-likeness (QED) is 0.876. The minimum Gasteiger partial charge on any atom is -0.325 e. The maximum absolute atomic E-state index is 12.3. The fourth-order valence-electron chi connectivity index (χ4n) is 1.99. The van der Waals surface area contributed by atoms with Crippen molar-refractivity contribution >= 4 is 23.4 Å². The van der Waals surface area contributed by atoms with Crippen molar-refractivity contribution in [3.8, 4) is 0 Å². The van der Waals surface area contributed by atoms with E-state index in [0.717, 1.165) is 17.0 Å². The van der Waals surface area contributed by atoms with Gasteiger partial charge in [0, 0.05) is 11.4 Å². The Morgan fingerprint density at radius 3 is 2.52 bits per heavy atom. The molecule has 110 valence electrons. The average molecular weight is 299 g/mol. The molecule has 0 saturated carbocycles. The van der Waals surface area contributed by atoms with Crippen molar-refractivity contribution in [3.63, 3.8) is 0 Å². The fourth-order valence-corrected chi connectivity index (χ4v) is 2.84. The average Bonchev–Trinajstić information content (AvgIpc) is 2.50. The van der Waals surface area contributed by atoms with Crippen LogP contribution in [0.1, 0.15) is 23.6 Å². The molecule has 0 radical (unpaired) electrons. The zero-order chi connectivity index (χ0) is 15.2. The van der Waals surface area contributed by atoms with Gasteiger partial charge in [-0.2, -0.15) is 0 Å². The number of anilines is 1. The van der Waals surface area contributed by atoms with Crippen LogP contribution in [0.15, 0.2) is 48.5 Å². The molecule has 2 aromatic rings. The normalized spacial score (nSPS) is 12.0. The summed E-state index contributed by atoms with van der Waals surface area (Å²) in [5.41, 5.74) is 4.48. The van der Waals surface area contributed by atoms with Crippen molar-refractivity contribution in [1.82, 2.24) is 0 Å². The molecule has 0 saturated heterocycles. The Balaban J connectivity index is 1.92. The van der Waals surface area contributed by atoms with Crippen LogP contribution >= 0.6 is 11.8 Å². The van der Waals surface area contributed by atoms with E-state index in [4.69, 9.17) is 0 Å². The third-order valence-electron chi connectivity index (χ3n) is 3.57. The number of carbonyl (C=O) groups is 1. The number of rotatable bonds is 5. The third-order valence-corrected chi connectivity index (χ3v) is 4.79. The van der Waals surface area contributed by atoms with E-state index >= 15 is 0 Å². The molecule has 2 aromatic carbocycles. The molecule has 0 fully saturated rings. The van der Waals surface area contributed by atoms with E-state index < -0.39 is 0 Å². The molecule has 0 aliphatic rings.